The number of rotatable bonds is 3. The number of nitrogens with zero attached hydrogens (tertiary/aromatic N) is 1. The summed E-state index contributed by atoms with van der Waals surface area (Å²) in [5.41, 5.74) is -0.695. The minimum Gasteiger partial charge on any atom is -0.481 e. The smallest absolute Gasteiger partial charge is 0.410 e. The van der Waals surface area contributed by atoms with Crippen molar-refractivity contribution in [3.05, 3.63) is 20.8 Å². The van der Waals surface area contributed by atoms with E-state index in [1.807, 2.05) is 0 Å². The topological polar surface area (TPSA) is 101 Å². The summed E-state index contributed by atoms with van der Waals surface area (Å²) < 4.78 is 30.6. The SMILES string of the molecule is CC(C)(C)OC(=O)N1CCC(CC(=O)O)(c2ccc(Br)s2)S(=O)(=O)CC1. The van der Waals surface area contributed by atoms with Crippen LogP contribution in [0.2, 0.25) is 0 Å². The maximum Gasteiger partial charge on any atom is 0.410 e. The minimum atomic E-state index is -3.81. The molecule has 1 aromatic rings. The van der Waals surface area contributed by atoms with E-state index in [4.69, 9.17) is 4.74 Å². The lowest BCUT2D eigenvalue weighted by Gasteiger charge is -2.30. The Bertz CT molecular complexity index is 798. The van der Waals surface area contributed by atoms with Crippen molar-refractivity contribution < 1.29 is 27.9 Å². The van der Waals surface area contributed by atoms with Crippen LogP contribution in [0, 0.1) is 0 Å². The zero-order valence-electron chi connectivity index (χ0n) is 14.8. The lowest BCUT2D eigenvalue weighted by Crippen LogP contribution is -2.39. The summed E-state index contributed by atoms with van der Waals surface area (Å²) in [5.74, 6) is -1.50. The van der Waals surface area contributed by atoms with Crippen LogP contribution >= 0.6 is 27.3 Å². The minimum absolute atomic E-state index is 0.00777. The summed E-state index contributed by atoms with van der Waals surface area (Å²) in [6.07, 6.45) is -1.12. The van der Waals surface area contributed by atoms with E-state index in [1.165, 1.54) is 16.2 Å². The third kappa shape index (κ3) is 4.58. The molecule has 1 unspecified atom stereocenters. The van der Waals surface area contributed by atoms with E-state index >= 15 is 0 Å². The normalized spacial score (nSPS) is 23.3. The first-order valence-electron chi connectivity index (χ1n) is 8.04. The molecule has 2 rings (SSSR count). The third-order valence-electron chi connectivity index (χ3n) is 4.12. The molecule has 146 valence electrons. The predicted molar refractivity (Wildman–Crippen MR) is 102 cm³/mol. The molecule has 0 aromatic carbocycles. The highest BCUT2D eigenvalue weighted by Gasteiger charge is 2.50. The molecular weight excluding hydrogens is 446 g/mol. The van der Waals surface area contributed by atoms with Crippen LogP contribution in [0.1, 0.15) is 38.5 Å². The van der Waals surface area contributed by atoms with Gasteiger partial charge in [0.25, 0.3) is 0 Å². The molecule has 1 N–H and O–H groups in total. The maximum absolute atomic E-state index is 13.1. The molecule has 10 heteroatoms. The molecule has 7 nitrogen and oxygen atoms in total. The molecule has 0 radical (unpaired) electrons. The average Bonchev–Trinajstić information content (AvgIpc) is 2.84. The molecule has 1 atom stereocenters. The predicted octanol–water partition coefficient (Wildman–Crippen LogP) is 3.24. The van der Waals surface area contributed by atoms with Crippen LogP contribution in [-0.4, -0.2) is 54.9 Å². The highest BCUT2D eigenvalue weighted by molar-refractivity contribution is 9.11. The van der Waals surface area contributed by atoms with Gasteiger partial charge in [0.2, 0.25) is 0 Å². The van der Waals surface area contributed by atoms with E-state index in [0.29, 0.717) is 4.88 Å². The third-order valence-corrected chi connectivity index (χ3v) is 8.56. The van der Waals surface area contributed by atoms with Crippen molar-refractivity contribution in [1.82, 2.24) is 4.90 Å². The fraction of sp³-hybridized carbons (Fsp3) is 0.625. The molecule has 26 heavy (non-hydrogen) atoms. The van der Waals surface area contributed by atoms with Crippen molar-refractivity contribution in [3.63, 3.8) is 0 Å². The van der Waals surface area contributed by atoms with Crippen molar-refractivity contribution in [2.45, 2.75) is 44.0 Å². The van der Waals surface area contributed by atoms with Gasteiger partial charge in [-0.3, -0.25) is 4.79 Å². The van der Waals surface area contributed by atoms with Gasteiger partial charge in [-0.15, -0.1) is 11.3 Å². The molecule has 1 amide bonds. The van der Waals surface area contributed by atoms with E-state index in [0.717, 1.165) is 3.79 Å². The molecule has 1 aliphatic rings. The first kappa shape index (κ1) is 21.2. The Morgan fingerprint density at radius 3 is 2.50 bits per heavy atom. The highest BCUT2D eigenvalue weighted by Crippen LogP contribution is 2.44. The lowest BCUT2D eigenvalue weighted by molar-refractivity contribution is -0.137. The molecule has 0 aliphatic carbocycles. The van der Waals surface area contributed by atoms with Gasteiger partial charge in [-0.2, -0.15) is 0 Å². The van der Waals surface area contributed by atoms with Crippen molar-refractivity contribution in [2.75, 3.05) is 18.8 Å². The van der Waals surface area contributed by atoms with Crippen molar-refractivity contribution in [2.24, 2.45) is 0 Å². The van der Waals surface area contributed by atoms with Crippen LogP contribution in [0.5, 0.6) is 0 Å². The van der Waals surface area contributed by atoms with Crippen LogP contribution in [0.3, 0.4) is 0 Å². The number of hydrogen-bond acceptors (Lipinski definition) is 6. The second-order valence-electron chi connectivity index (χ2n) is 7.20. The molecule has 0 saturated carbocycles. The largest absolute Gasteiger partial charge is 0.481 e. The zero-order valence-corrected chi connectivity index (χ0v) is 18.0. The number of carboxylic acid groups (broad SMARTS) is 1. The number of ether oxygens (including phenoxy) is 1. The Hall–Kier alpha value is -1.13. The van der Waals surface area contributed by atoms with E-state index in [-0.39, 0.29) is 25.3 Å². The number of aliphatic carboxylic acids is 1. The zero-order chi connectivity index (χ0) is 19.8. The number of hydrogen-bond donors (Lipinski definition) is 1. The second kappa shape index (κ2) is 7.47. The van der Waals surface area contributed by atoms with Gasteiger partial charge < -0.3 is 14.7 Å². The van der Waals surface area contributed by atoms with Gasteiger partial charge in [0, 0.05) is 18.0 Å². The van der Waals surface area contributed by atoms with Gasteiger partial charge in [0.1, 0.15) is 10.3 Å². The second-order valence-corrected chi connectivity index (χ2v) is 12.1. The number of carbonyl (C=O) groups is 2. The summed E-state index contributed by atoms with van der Waals surface area (Å²) in [7, 11) is -3.81. The molecule has 1 aromatic heterocycles. The molecule has 1 fully saturated rings. The standard InChI is InChI=1S/C16H22BrNO6S2/c1-15(2,3)24-14(21)18-7-6-16(10-13(19)20,26(22,23)9-8-18)11-4-5-12(17)25-11/h4-5H,6-10H2,1-3H3,(H,19,20). The Labute approximate surface area is 165 Å². The van der Waals surface area contributed by atoms with Crippen LogP contribution in [-0.2, 0) is 24.1 Å². The first-order valence-corrected chi connectivity index (χ1v) is 11.3. The summed E-state index contributed by atoms with van der Waals surface area (Å²) in [6.45, 7) is 5.29. The Balaban J connectivity index is 2.40. The van der Waals surface area contributed by atoms with Crippen LogP contribution < -0.4 is 0 Å². The van der Waals surface area contributed by atoms with Gasteiger partial charge in [-0.25, -0.2) is 13.2 Å². The van der Waals surface area contributed by atoms with E-state index < -0.39 is 38.7 Å². The molecular formula is C16H22BrNO6S2. The maximum atomic E-state index is 13.1. The van der Waals surface area contributed by atoms with Crippen molar-refractivity contribution >= 4 is 49.2 Å². The fourth-order valence-corrected chi connectivity index (χ4v) is 6.86. The molecule has 1 saturated heterocycles. The number of halogens is 1. The summed E-state index contributed by atoms with van der Waals surface area (Å²) >= 11 is 4.51. The van der Waals surface area contributed by atoms with Crippen molar-refractivity contribution in [3.8, 4) is 0 Å². The number of carboxylic acids is 1. The number of sulfone groups is 1. The van der Waals surface area contributed by atoms with E-state index in [9.17, 15) is 23.1 Å². The van der Waals surface area contributed by atoms with Gasteiger partial charge >= 0.3 is 12.1 Å². The highest BCUT2D eigenvalue weighted by atomic mass is 79.9. The van der Waals surface area contributed by atoms with Crippen molar-refractivity contribution in [1.29, 1.82) is 0 Å². The summed E-state index contributed by atoms with van der Waals surface area (Å²) in [6, 6.07) is 3.34. The molecule has 0 bridgehead atoms. The Kier molecular flexibility index (Phi) is 6.09. The van der Waals surface area contributed by atoms with Crippen LogP contribution in [0.25, 0.3) is 0 Å². The fourth-order valence-electron chi connectivity index (χ4n) is 2.88. The van der Waals surface area contributed by atoms with Gasteiger partial charge in [0.15, 0.2) is 9.84 Å². The van der Waals surface area contributed by atoms with E-state index in [1.54, 1.807) is 32.9 Å². The molecule has 0 spiro atoms. The number of carbonyl (C=O) groups excluding carboxylic acids is 1. The Morgan fingerprint density at radius 2 is 2.00 bits per heavy atom. The summed E-state index contributed by atoms with van der Waals surface area (Å²) in [5, 5.41) is 9.37. The van der Waals surface area contributed by atoms with Gasteiger partial charge in [-0.05, 0) is 55.3 Å². The molecule has 1 aliphatic heterocycles. The number of thiophene rings is 1. The van der Waals surface area contributed by atoms with Crippen LogP contribution in [0.4, 0.5) is 4.79 Å². The van der Waals surface area contributed by atoms with Gasteiger partial charge in [-0.1, -0.05) is 0 Å². The quantitative estimate of drug-likeness (QED) is 0.731. The van der Waals surface area contributed by atoms with E-state index in [2.05, 4.69) is 15.9 Å². The first-order chi connectivity index (χ1) is 11.9. The van der Waals surface area contributed by atoms with Crippen LogP contribution in [0.15, 0.2) is 15.9 Å². The number of amides is 1. The van der Waals surface area contributed by atoms with Gasteiger partial charge in [0.05, 0.1) is 16.0 Å². The average molecular weight is 468 g/mol. The lowest BCUT2D eigenvalue weighted by atomic mass is 9.98. The Morgan fingerprint density at radius 1 is 1.35 bits per heavy atom. The molecule has 2 heterocycles. The monoisotopic (exact) mass is 467 g/mol. The summed E-state index contributed by atoms with van der Waals surface area (Å²) in [4.78, 5) is 25.6.